The van der Waals surface area contributed by atoms with Gasteiger partial charge in [-0.2, -0.15) is 0 Å². The molecule has 1 aliphatic carbocycles. The third-order valence-electron chi connectivity index (χ3n) is 2.98. The molecule has 1 aromatic carbocycles. The van der Waals surface area contributed by atoms with E-state index in [9.17, 15) is 0 Å². The molecular formula is C14H19NO. The zero-order chi connectivity index (χ0) is 11.5. The Hall–Kier alpha value is -1.28. The molecule has 2 N–H and O–H groups in total. The van der Waals surface area contributed by atoms with Crippen molar-refractivity contribution in [2.45, 2.75) is 32.7 Å². The van der Waals surface area contributed by atoms with Crippen LogP contribution >= 0.6 is 0 Å². The Morgan fingerprint density at radius 2 is 2.31 bits per heavy atom. The van der Waals surface area contributed by atoms with Crippen LogP contribution in [0.5, 0.6) is 5.75 Å². The monoisotopic (exact) mass is 217 g/mol. The summed E-state index contributed by atoms with van der Waals surface area (Å²) >= 11 is 0. The summed E-state index contributed by atoms with van der Waals surface area (Å²) in [6.45, 7) is 4.79. The lowest BCUT2D eigenvalue weighted by molar-refractivity contribution is 0.361. The number of rotatable bonds is 3. The zero-order valence-electron chi connectivity index (χ0n) is 9.99. The Balaban J connectivity index is 2.05. The molecule has 2 nitrogen and oxygen atoms in total. The van der Waals surface area contributed by atoms with Gasteiger partial charge in [0, 0.05) is 6.04 Å². The van der Waals surface area contributed by atoms with Gasteiger partial charge < -0.3 is 10.5 Å². The molecule has 0 radical (unpaired) electrons. The van der Waals surface area contributed by atoms with E-state index in [1.807, 2.05) is 6.07 Å². The van der Waals surface area contributed by atoms with Gasteiger partial charge in [0.2, 0.25) is 0 Å². The molecule has 0 fully saturated rings. The standard InChI is InChI=1S/C14H19NO/c1-10(2)7-8-16-12-4-5-13-11(9-12)3-6-14(13)15/h4-5,7,9,14H,3,6,8,15H2,1-2H3/t14-/m1/s1. The highest BCUT2D eigenvalue weighted by atomic mass is 16.5. The van der Waals surface area contributed by atoms with Gasteiger partial charge in [0.25, 0.3) is 0 Å². The number of aryl methyl sites for hydroxylation is 1. The molecule has 0 aliphatic heterocycles. The lowest BCUT2D eigenvalue weighted by atomic mass is 10.1. The first-order valence-electron chi connectivity index (χ1n) is 5.81. The molecule has 1 aliphatic rings. The number of allylic oxidation sites excluding steroid dienone is 1. The minimum absolute atomic E-state index is 0.224. The van der Waals surface area contributed by atoms with Crippen molar-refractivity contribution in [1.82, 2.24) is 0 Å². The molecule has 0 saturated heterocycles. The molecule has 0 bridgehead atoms. The van der Waals surface area contributed by atoms with Crippen LogP contribution in [0.3, 0.4) is 0 Å². The molecule has 16 heavy (non-hydrogen) atoms. The molecular weight excluding hydrogens is 198 g/mol. The van der Waals surface area contributed by atoms with Crippen LogP contribution < -0.4 is 10.5 Å². The molecule has 0 unspecified atom stereocenters. The number of nitrogens with two attached hydrogens (primary N) is 1. The highest BCUT2D eigenvalue weighted by Gasteiger charge is 2.18. The van der Waals surface area contributed by atoms with Gasteiger partial charge in [0.1, 0.15) is 12.4 Å². The van der Waals surface area contributed by atoms with Crippen LogP contribution in [0.4, 0.5) is 0 Å². The van der Waals surface area contributed by atoms with Crippen LogP contribution in [0.2, 0.25) is 0 Å². The van der Waals surface area contributed by atoms with Crippen LogP contribution in [0.1, 0.15) is 37.4 Å². The van der Waals surface area contributed by atoms with Crippen LogP contribution in [-0.4, -0.2) is 6.61 Å². The van der Waals surface area contributed by atoms with E-state index in [0.29, 0.717) is 6.61 Å². The van der Waals surface area contributed by atoms with Crippen LogP contribution in [0, 0.1) is 0 Å². The van der Waals surface area contributed by atoms with Crippen molar-refractivity contribution in [1.29, 1.82) is 0 Å². The smallest absolute Gasteiger partial charge is 0.120 e. The number of benzene rings is 1. The molecule has 0 heterocycles. The van der Waals surface area contributed by atoms with Crippen molar-refractivity contribution in [3.05, 3.63) is 41.0 Å². The molecule has 2 heteroatoms. The molecule has 1 atom stereocenters. The number of hydrogen-bond acceptors (Lipinski definition) is 2. The minimum atomic E-state index is 0.224. The molecule has 0 saturated carbocycles. The highest BCUT2D eigenvalue weighted by Crippen LogP contribution is 2.31. The Morgan fingerprint density at radius 3 is 3.06 bits per heavy atom. The largest absolute Gasteiger partial charge is 0.490 e. The maximum absolute atomic E-state index is 5.99. The van der Waals surface area contributed by atoms with Gasteiger partial charge in [0.15, 0.2) is 0 Å². The molecule has 86 valence electrons. The van der Waals surface area contributed by atoms with Crippen molar-refractivity contribution in [3.8, 4) is 5.75 Å². The quantitative estimate of drug-likeness (QED) is 0.790. The topological polar surface area (TPSA) is 35.2 Å². The van der Waals surface area contributed by atoms with Crippen LogP contribution in [0.25, 0.3) is 0 Å². The van der Waals surface area contributed by atoms with Gasteiger partial charge in [0.05, 0.1) is 0 Å². The van der Waals surface area contributed by atoms with Gasteiger partial charge in [-0.15, -0.1) is 0 Å². The summed E-state index contributed by atoms with van der Waals surface area (Å²) in [6, 6.07) is 6.47. The van der Waals surface area contributed by atoms with E-state index in [1.54, 1.807) is 0 Å². The molecule has 0 spiro atoms. The third kappa shape index (κ3) is 2.45. The Kier molecular flexibility index (Phi) is 3.30. The Morgan fingerprint density at radius 1 is 1.50 bits per heavy atom. The maximum Gasteiger partial charge on any atom is 0.120 e. The van der Waals surface area contributed by atoms with E-state index in [4.69, 9.17) is 10.5 Å². The molecule has 1 aromatic rings. The summed E-state index contributed by atoms with van der Waals surface area (Å²) in [5.41, 5.74) is 9.90. The van der Waals surface area contributed by atoms with E-state index >= 15 is 0 Å². The number of ether oxygens (including phenoxy) is 1. The van der Waals surface area contributed by atoms with E-state index in [0.717, 1.165) is 18.6 Å². The second kappa shape index (κ2) is 4.71. The van der Waals surface area contributed by atoms with Crippen molar-refractivity contribution in [2.24, 2.45) is 5.73 Å². The fraction of sp³-hybridized carbons (Fsp3) is 0.429. The van der Waals surface area contributed by atoms with Gasteiger partial charge >= 0.3 is 0 Å². The summed E-state index contributed by atoms with van der Waals surface area (Å²) in [5.74, 6) is 0.949. The zero-order valence-corrected chi connectivity index (χ0v) is 9.99. The normalized spacial score (nSPS) is 18.1. The summed E-state index contributed by atoms with van der Waals surface area (Å²) in [6.07, 6.45) is 4.22. The van der Waals surface area contributed by atoms with E-state index in [-0.39, 0.29) is 6.04 Å². The second-order valence-electron chi connectivity index (χ2n) is 4.60. The summed E-state index contributed by atoms with van der Waals surface area (Å²) in [4.78, 5) is 0. The third-order valence-corrected chi connectivity index (χ3v) is 2.98. The van der Waals surface area contributed by atoms with Gasteiger partial charge in [-0.05, 0) is 56.0 Å². The van der Waals surface area contributed by atoms with E-state index in [2.05, 4.69) is 32.1 Å². The Bertz CT molecular complexity index is 405. The highest BCUT2D eigenvalue weighted by molar-refractivity contribution is 5.40. The Labute approximate surface area is 97.1 Å². The minimum Gasteiger partial charge on any atom is -0.490 e. The van der Waals surface area contributed by atoms with Crippen LogP contribution in [-0.2, 0) is 6.42 Å². The second-order valence-corrected chi connectivity index (χ2v) is 4.60. The first-order chi connectivity index (χ1) is 7.66. The molecule has 0 aromatic heterocycles. The average Bonchev–Trinajstić information content (AvgIpc) is 2.60. The van der Waals surface area contributed by atoms with Crippen LogP contribution in [0.15, 0.2) is 29.8 Å². The van der Waals surface area contributed by atoms with E-state index in [1.165, 1.54) is 16.7 Å². The van der Waals surface area contributed by atoms with Crippen molar-refractivity contribution >= 4 is 0 Å². The first-order valence-corrected chi connectivity index (χ1v) is 5.81. The fourth-order valence-electron chi connectivity index (χ4n) is 2.02. The van der Waals surface area contributed by atoms with Gasteiger partial charge in [-0.25, -0.2) is 0 Å². The SMILES string of the molecule is CC(C)=CCOc1ccc2c(c1)CC[C@H]2N. The van der Waals surface area contributed by atoms with Gasteiger partial charge in [-0.1, -0.05) is 11.6 Å². The molecule has 0 amide bonds. The summed E-state index contributed by atoms with van der Waals surface area (Å²) < 4.78 is 5.66. The summed E-state index contributed by atoms with van der Waals surface area (Å²) in [7, 11) is 0. The molecule has 2 rings (SSSR count). The first kappa shape index (κ1) is 11.2. The predicted molar refractivity (Wildman–Crippen MR) is 66.6 cm³/mol. The maximum atomic E-state index is 5.99. The van der Waals surface area contributed by atoms with Crippen molar-refractivity contribution in [3.63, 3.8) is 0 Å². The van der Waals surface area contributed by atoms with Gasteiger partial charge in [-0.3, -0.25) is 0 Å². The summed E-state index contributed by atoms with van der Waals surface area (Å²) in [5, 5.41) is 0. The van der Waals surface area contributed by atoms with E-state index < -0.39 is 0 Å². The number of hydrogen-bond donors (Lipinski definition) is 1. The lowest BCUT2D eigenvalue weighted by Crippen LogP contribution is -2.05. The lowest BCUT2D eigenvalue weighted by Gasteiger charge is -2.08. The van der Waals surface area contributed by atoms with Crippen molar-refractivity contribution in [2.75, 3.05) is 6.61 Å². The fourth-order valence-corrected chi connectivity index (χ4v) is 2.02. The van der Waals surface area contributed by atoms with Crippen molar-refractivity contribution < 1.29 is 4.74 Å². The predicted octanol–water partition coefficient (Wildman–Crippen LogP) is 2.98. The average molecular weight is 217 g/mol. The number of fused-ring (bicyclic) bond motifs is 1.